The third-order valence-corrected chi connectivity index (χ3v) is 9.25. The van der Waals surface area contributed by atoms with Crippen LogP contribution in [0.25, 0.3) is 0 Å². The Morgan fingerprint density at radius 3 is 1.73 bits per heavy atom. The van der Waals surface area contributed by atoms with Crippen LogP contribution in [0.3, 0.4) is 0 Å². The van der Waals surface area contributed by atoms with E-state index in [1.807, 2.05) is 21.1 Å². The Morgan fingerprint density at radius 1 is 0.646 bits per heavy atom. The molecule has 0 heterocycles. The minimum Gasteiger partial charge on any atom is -0.457 e. The van der Waals surface area contributed by atoms with Gasteiger partial charge < -0.3 is 18.9 Å². The molecule has 8 nitrogen and oxygen atoms in total. The van der Waals surface area contributed by atoms with Crippen molar-refractivity contribution in [2.24, 2.45) is 0 Å². The van der Waals surface area contributed by atoms with Crippen molar-refractivity contribution >= 4 is 13.8 Å². The lowest BCUT2D eigenvalue weighted by molar-refractivity contribution is -0.870. The summed E-state index contributed by atoms with van der Waals surface area (Å²) in [5.74, 6) is -0.321. The summed E-state index contributed by atoms with van der Waals surface area (Å²) >= 11 is 0. The van der Waals surface area contributed by atoms with Gasteiger partial charge in [-0.1, -0.05) is 134 Å². The predicted molar refractivity (Wildman–Crippen MR) is 201 cm³/mol. The lowest BCUT2D eigenvalue weighted by Gasteiger charge is -2.24. The van der Waals surface area contributed by atoms with Crippen LogP contribution >= 0.6 is 7.82 Å². The van der Waals surface area contributed by atoms with E-state index < -0.39 is 13.9 Å². The van der Waals surface area contributed by atoms with E-state index in [0.717, 1.165) is 38.5 Å². The first-order valence-electron chi connectivity index (χ1n) is 19.6. The van der Waals surface area contributed by atoms with Crippen LogP contribution < -0.4 is 0 Å². The van der Waals surface area contributed by atoms with Gasteiger partial charge in [0.25, 0.3) is 0 Å². The van der Waals surface area contributed by atoms with Crippen molar-refractivity contribution in [1.29, 1.82) is 0 Å². The minimum atomic E-state index is -4.26. The molecule has 2 atom stereocenters. The fraction of sp³-hybridized carbons (Fsp3) is 0.872. The molecule has 0 aromatic carbocycles. The quantitative estimate of drug-likeness (QED) is 0.0228. The highest BCUT2D eigenvalue weighted by molar-refractivity contribution is 7.47. The normalized spacial score (nSPS) is 14.2. The molecule has 1 N–H and O–H groups in total. The monoisotopic (exact) mass is 703 g/mol. The second kappa shape index (κ2) is 33.1. The molecule has 0 bridgehead atoms. The van der Waals surface area contributed by atoms with Crippen molar-refractivity contribution in [1.82, 2.24) is 0 Å². The molecule has 0 aromatic rings. The molecule has 0 saturated carbocycles. The molecule has 0 aliphatic carbocycles. The number of likely N-dealkylation sites (N-methyl/N-ethyl adjacent to an activating group) is 1. The number of phosphoric acid groups is 1. The SMILES string of the molecule is CCCCC/C=C\C/C=C\CCCCCCCCCCOCC(COP(=O)(O)OCC[N+](C)(C)C)OC(=O)CCCCCCCCCC. The van der Waals surface area contributed by atoms with Crippen molar-refractivity contribution in [3.05, 3.63) is 24.3 Å². The number of nitrogens with zero attached hydrogens (tertiary/aromatic N) is 1. The smallest absolute Gasteiger partial charge is 0.457 e. The van der Waals surface area contributed by atoms with Gasteiger partial charge in [-0.3, -0.25) is 13.8 Å². The third-order valence-electron chi connectivity index (χ3n) is 8.27. The third kappa shape index (κ3) is 36.3. The fourth-order valence-corrected chi connectivity index (χ4v) is 5.91. The zero-order valence-corrected chi connectivity index (χ0v) is 32.9. The number of quaternary nitrogens is 1. The first-order chi connectivity index (χ1) is 23.1. The van der Waals surface area contributed by atoms with Crippen LogP contribution in [0, 0.1) is 0 Å². The second-order valence-corrected chi connectivity index (χ2v) is 15.8. The zero-order chi connectivity index (χ0) is 35.6. The number of unbranched alkanes of at least 4 members (excludes halogenated alkanes) is 18. The van der Waals surface area contributed by atoms with Crippen LogP contribution in [0.5, 0.6) is 0 Å². The summed E-state index contributed by atoms with van der Waals surface area (Å²) in [6.45, 7) is 5.55. The van der Waals surface area contributed by atoms with Crippen LogP contribution in [0.15, 0.2) is 24.3 Å². The summed E-state index contributed by atoms with van der Waals surface area (Å²) in [5, 5.41) is 0. The highest BCUT2D eigenvalue weighted by Gasteiger charge is 2.26. The van der Waals surface area contributed by atoms with E-state index in [-0.39, 0.29) is 25.8 Å². The van der Waals surface area contributed by atoms with Crippen LogP contribution in [0.2, 0.25) is 0 Å². The Hall–Kier alpha value is -1.02. The van der Waals surface area contributed by atoms with E-state index >= 15 is 0 Å². The summed E-state index contributed by atoms with van der Waals surface area (Å²) in [4.78, 5) is 22.7. The van der Waals surface area contributed by atoms with Crippen LogP contribution in [-0.2, 0) is 27.9 Å². The molecule has 284 valence electrons. The lowest BCUT2D eigenvalue weighted by Crippen LogP contribution is -2.37. The molecule has 0 fully saturated rings. The Balaban J connectivity index is 4.19. The maximum Gasteiger partial charge on any atom is 0.472 e. The zero-order valence-electron chi connectivity index (χ0n) is 32.0. The van der Waals surface area contributed by atoms with Gasteiger partial charge in [0.1, 0.15) is 19.3 Å². The number of phosphoric ester groups is 1. The average molecular weight is 703 g/mol. The molecule has 9 heteroatoms. The number of hydrogen-bond acceptors (Lipinski definition) is 6. The summed E-state index contributed by atoms with van der Waals surface area (Å²) < 4.78 is 34.8. The Kier molecular flexibility index (Phi) is 32.4. The first-order valence-corrected chi connectivity index (χ1v) is 21.1. The van der Waals surface area contributed by atoms with Gasteiger partial charge in [-0.25, -0.2) is 4.57 Å². The molecule has 0 aliphatic heterocycles. The average Bonchev–Trinajstić information content (AvgIpc) is 3.03. The lowest BCUT2D eigenvalue weighted by atomic mass is 10.1. The molecule has 0 amide bonds. The van der Waals surface area contributed by atoms with Crippen LogP contribution in [-0.4, -0.2) is 75.6 Å². The molecule has 0 aliphatic rings. The van der Waals surface area contributed by atoms with Gasteiger partial charge in [-0.2, -0.15) is 0 Å². The molecule has 0 aromatic heterocycles. The van der Waals surface area contributed by atoms with E-state index in [0.29, 0.717) is 24.1 Å². The molecule has 2 unspecified atom stereocenters. The fourth-order valence-electron chi connectivity index (χ4n) is 5.17. The van der Waals surface area contributed by atoms with Crippen molar-refractivity contribution in [3.8, 4) is 0 Å². The second-order valence-electron chi connectivity index (χ2n) is 14.3. The van der Waals surface area contributed by atoms with Gasteiger partial charge in [0.15, 0.2) is 0 Å². The molecule has 0 saturated heterocycles. The number of rotatable bonds is 36. The number of esters is 1. The minimum absolute atomic E-state index is 0.0887. The molecule has 0 spiro atoms. The van der Waals surface area contributed by atoms with E-state index in [9.17, 15) is 14.3 Å². The molecular formula is C39H77NO7P+. The van der Waals surface area contributed by atoms with E-state index in [2.05, 4.69) is 38.2 Å². The molecular weight excluding hydrogens is 625 g/mol. The Morgan fingerprint density at radius 2 is 1.15 bits per heavy atom. The first kappa shape index (κ1) is 47.0. The van der Waals surface area contributed by atoms with Gasteiger partial charge in [0, 0.05) is 13.0 Å². The van der Waals surface area contributed by atoms with E-state index in [1.165, 1.54) is 103 Å². The van der Waals surface area contributed by atoms with E-state index in [4.69, 9.17) is 18.5 Å². The van der Waals surface area contributed by atoms with Crippen molar-refractivity contribution in [2.45, 2.75) is 168 Å². The maximum absolute atomic E-state index is 12.5. The summed E-state index contributed by atoms with van der Waals surface area (Å²) in [6.07, 6.45) is 35.0. The topological polar surface area (TPSA) is 91.3 Å². The largest absolute Gasteiger partial charge is 0.472 e. The van der Waals surface area contributed by atoms with Crippen molar-refractivity contribution in [2.75, 3.05) is 54.1 Å². The molecule has 0 rings (SSSR count). The Labute approximate surface area is 296 Å². The predicted octanol–water partition coefficient (Wildman–Crippen LogP) is 10.9. The van der Waals surface area contributed by atoms with Gasteiger partial charge in [-0.05, 0) is 44.9 Å². The van der Waals surface area contributed by atoms with Gasteiger partial charge in [0.2, 0.25) is 0 Å². The molecule has 48 heavy (non-hydrogen) atoms. The van der Waals surface area contributed by atoms with Gasteiger partial charge >= 0.3 is 13.8 Å². The Bertz CT molecular complexity index is 828. The number of ether oxygens (including phenoxy) is 2. The van der Waals surface area contributed by atoms with Crippen molar-refractivity contribution < 1.29 is 37.3 Å². The highest BCUT2D eigenvalue weighted by Crippen LogP contribution is 2.43. The number of carbonyl (C=O) groups is 1. The van der Waals surface area contributed by atoms with Gasteiger partial charge in [0.05, 0.1) is 34.4 Å². The molecule has 0 radical (unpaired) electrons. The van der Waals surface area contributed by atoms with Crippen LogP contribution in [0.4, 0.5) is 0 Å². The highest BCUT2D eigenvalue weighted by atomic mass is 31.2. The maximum atomic E-state index is 12.5. The number of allylic oxidation sites excluding steroid dienone is 4. The summed E-state index contributed by atoms with van der Waals surface area (Å²) in [7, 11) is 1.66. The van der Waals surface area contributed by atoms with Crippen molar-refractivity contribution in [3.63, 3.8) is 0 Å². The summed E-state index contributed by atoms with van der Waals surface area (Å²) in [6, 6.07) is 0. The summed E-state index contributed by atoms with van der Waals surface area (Å²) in [5.41, 5.74) is 0. The van der Waals surface area contributed by atoms with Crippen LogP contribution in [0.1, 0.15) is 162 Å². The number of hydrogen-bond donors (Lipinski definition) is 1. The number of carbonyl (C=O) groups excluding carboxylic acids is 1. The van der Waals surface area contributed by atoms with Gasteiger partial charge in [-0.15, -0.1) is 0 Å². The van der Waals surface area contributed by atoms with E-state index in [1.54, 1.807) is 0 Å². The standard InChI is InChI=1S/C39H76NO7P/c1-6-8-10-12-14-16-17-18-19-20-21-22-23-24-25-27-29-31-34-44-36-38(37-46-48(42,43)45-35-33-40(3,4)5)47-39(41)32-30-28-26-15-13-11-9-7-2/h14,16,18-19,38H,6-13,15,17,20-37H2,1-5H3/p+1/b16-14-,19-18-.